The van der Waals surface area contributed by atoms with Gasteiger partial charge in [-0.3, -0.25) is 9.59 Å². The van der Waals surface area contributed by atoms with Crippen LogP contribution in [0.25, 0.3) is 45.6 Å². The lowest BCUT2D eigenvalue weighted by Gasteiger charge is -2.18. The van der Waals surface area contributed by atoms with Crippen molar-refractivity contribution in [2.45, 2.75) is 19.3 Å². The zero-order chi connectivity index (χ0) is 38.0. The van der Waals surface area contributed by atoms with Crippen LogP contribution in [0.5, 0.6) is 17.2 Å². The van der Waals surface area contributed by atoms with Gasteiger partial charge in [0, 0.05) is 47.4 Å². The van der Waals surface area contributed by atoms with Crippen LogP contribution in [0.15, 0.2) is 112 Å². The van der Waals surface area contributed by atoms with E-state index in [9.17, 15) is 29.7 Å². The number of amides is 1. The Morgan fingerprint density at radius 1 is 0.778 bits per heavy atom. The predicted molar refractivity (Wildman–Crippen MR) is 213 cm³/mol. The first-order valence-electron chi connectivity index (χ1n) is 17.2. The number of anilines is 1. The molecule has 0 fully saturated rings. The van der Waals surface area contributed by atoms with Gasteiger partial charge >= 0.3 is 5.97 Å². The average Bonchev–Trinajstić information content (AvgIpc) is 3.16. The van der Waals surface area contributed by atoms with Gasteiger partial charge in [0.1, 0.15) is 17.1 Å². The molecule has 54 heavy (non-hydrogen) atoms. The number of carbonyl (C=O) groups excluding carboxylic acids is 1. The molecular formula is C42H37N3O8S. The van der Waals surface area contributed by atoms with Crippen molar-refractivity contribution in [2.24, 2.45) is 0 Å². The van der Waals surface area contributed by atoms with Crippen LogP contribution in [0.2, 0.25) is 0 Å². The fourth-order valence-corrected chi connectivity index (χ4v) is 6.12. The molecule has 0 saturated heterocycles. The van der Waals surface area contributed by atoms with E-state index >= 15 is 0 Å². The van der Waals surface area contributed by atoms with E-state index in [0.717, 1.165) is 30.4 Å². The quantitative estimate of drug-likeness (QED) is 0.0283. The molecule has 1 aliphatic heterocycles. The van der Waals surface area contributed by atoms with Crippen molar-refractivity contribution in [1.82, 2.24) is 10.6 Å². The van der Waals surface area contributed by atoms with Crippen LogP contribution in [-0.4, -0.2) is 52.0 Å². The van der Waals surface area contributed by atoms with Gasteiger partial charge in [0.2, 0.25) is 0 Å². The lowest BCUT2D eigenvalue weighted by Crippen LogP contribution is -2.30. The second-order valence-electron chi connectivity index (χ2n) is 12.4. The maximum Gasteiger partial charge on any atom is 0.336 e. The Balaban J connectivity index is 0.960. The molecule has 4 aromatic rings. The number of nitrogens with one attached hydrogen (secondary N) is 3. The van der Waals surface area contributed by atoms with E-state index in [1.54, 1.807) is 36.4 Å². The molecule has 1 aliphatic carbocycles. The van der Waals surface area contributed by atoms with Gasteiger partial charge in [0.25, 0.3) is 5.91 Å². The van der Waals surface area contributed by atoms with Crippen LogP contribution in [0.3, 0.4) is 0 Å². The van der Waals surface area contributed by atoms with Crippen LogP contribution in [-0.2, 0) is 4.79 Å². The van der Waals surface area contributed by atoms with Crippen molar-refractivity contribution >= 4 is 58.0 Å². The fraction of sp³-hybridized carbons (Fsp3) is 0.143. The summed E-state index contributed by atoms with van der Waals surface area (Å²) < 4.78 is 11.5. The minimum absolute atomic E-state index is 0.00429. The summed E-state index contributed by atoms with van der Waals surface area (Å²) in [6.45, 7) is 0.786. The largest absolute Gasteiger partial charge is 0.508 e. The third kappa shape index (κ3) is 9.41. The first kappa shape index (κ1) is 37.1. The maximum atomic E-state index is 12.5. The third-order valence-corrected chi connectivity index (χ3v) is 8.77. The number of carboxylic acids is 1. The third-order valence-electron chi connectivity index (χ3n) is 8.53. The molecule has 1 heterocycles. The van der Waals surface area contributed by atoms with Gasteiger partial charge in [0.15, 0.2) is 28.6 Å². The van der Waals surface area contributed by atoms with Crippen LogP contribution < -0.4 is 26.1 Å². The number of hydrogen-bond acceptors (Lipinski definition) is 8. The molecule has 0 radical (unpaired) electrons. The molecule has 0 atom stereocenters. The van der Waals surface area contributed by atoms with Crippen LogP contribution in [0.4, 0.5) is 5.69 Å². The smallest absolute Gasteiger partial charge is 0.336 e. The number of ether oxygens (including phenoxy) is 1. The summed E-state index contributed by atoms with van der Waals surface area (Å²) in [6, 6.07) is 28.5. The number of hydrogen-bond donors (Lipinski definition) is 6. The lowest BCUT2D eigenvalue weighted by molar-refractivity contribution is -0.123. The van der Waals surface area contributed by atoms with E-state index in [1.165, 1.54) is 36.4 Å². The number of aromatic hydroxyl groups is 2. The summed E-state index contributed by atoms with van der Waals surface area (Å²) in [6.07, 6.45) is 6.16. The molecule has 0 saturated carbocycles. The second kappa shape index (κ2) is 17.2. The molecule has 1 amide bonds. The minimum atomic E-state index is -1.16. The Kier molecular flexibility index (Phi) is 11.8. The number of rotatable bonds is 14. The first-order chi connectivity index (χ1) is 26.1. The Morgan fingerprint density at radius 2 is 1.54 bits per heavy atom. The molecule has 0 bridgehead atoms. The zero-order valence-corrected chi connectivity index (χ0v) is 29.8. The van der Waals surface area contributed by atoms with Gasteiger partial charge in [-0.2, -0.15) is 0 Å². The molecule has 12 heteroatoms. The number of fused-ring (bicyclic) bond motifs is 2. The van der Waals surface area contributed by atoms with E-state index < -0.39 is 5.97 Å². The van der Waals surface area contributed by atoms with Gasteiger partial charge < -0.3 is 40.4 Å². The average molecular weight is 744 g/mol. The lowest BCUT2D eigenvalue weighted by atomic mass is 9.90. The number of thiocarbonyl (C=S) groups is 1. The number of carboxylic acid groups (broad SMARTS) is 1. The van der Waals surface area contributed by atoms with Gasteiger partial charge in [0.05, 0.1) is 5.56 Å². The number of phenolic OH excluding ortho intramolecular Hbond substituents is 2. The van der Waals surface area contributed by atoms with Crippen molar-refractivity contribution < 1.29 is 34.1 Å². The first-order valence-corrected chi connectivity index (χ1v) is 17.6. The minimum Gasteiger partial charge on any atom is -0.508 e. The molecular weight excluding hydrogens is 707 g/mol. The SMILES string of the molecule is O=C(COc1cc(/C=C/c2ccccc2)ccc1O)NCCCCCNC(=S)Nc1ccc(-c2c3ccc(=O)cc-3oc3cc(O)ccc23)c(C(=O)O)c1. The summed E-state index contributed by atoms with van der Waals surface area (Å²) in [5, 5.41) is 40.3. The van der Waals surface area contributed by atoms with Crippen LogP contribution in [0.1, 0.15) is 40.7 Å². The zero-order valence-electron chi connectivity index (χ0n) is 29.0. The highest BCUT2D eigenvalue weighted by molar-refractivity contribution is 7.80. The Hall–Kier alpha value is -6.66. The molecule has 6 rings (SSSR count). The monoisotopic (exact) mass is 743 g/mol. The highest BCUT2D eigenvalue weighted by Gasteiger charge is 2.22. The number of aromatic carboxylic acids is 1. The van der Waals surface area contributed by atoms with Gasteiger partial charge in [-0.25, -0.2) is 4.79 Å². The maximum absolute atomic E-state index is 12.5. The number of benzene rings is 5. The summed E-state index contributed by atoms with van der Waals surface area (Å²) >= 11 is 5.45. The van der Waals surface area contributed by atoms with Gasteiger partial charge in [-0.1, -0.05) is 54.6 Å². The Bertz CT molecular complexity index is 2370. The standard InChI is InChI=1S/C42H37N3O8S/c46-29-13-16-32-36(23-29)53-37-24-30(47)14-17-33(37)40(32)31-15-12-28(22-34(31)41(50)51)45-42(54)44-20-6-2-5-19-43-39(49)25-52-38-21-27(11-18-35(38)48)10-9-26-7-3-1-4-8-26/h1,3-4,7-18,21-24,46,48H,2,5-6,19-20,25H2,(H,43,49)(H,50,51)(H2,44,45,54)/b10-9+. The molecule has 0 aromatic heterocycles. The molecule has 0 unspecified atom stereocenters. The summed E-state index contributed by atoms with van der Waals surface area (Å²) in [5.74, 6) is -1.05. The summed E-state index contributed by atoms with van der Waals surface area (Å²) in [5.41, 5.74) is 3.88. The van der Waals surface area contributed by atoms with E-state index in [1.807, 2.05) is 42.5 Å². The molecule has 274 valence electrons. The van der Waals surface area contributed by atoms with E-state index in [2.05, 4.69) is 16.0 Å². The molecule has 11 nitrogen and oxygen atoms in total. The predicted octanol–water partition coefficient (Wildman–Crippen LogP) is 7.50. The van der Waals surface area contributed by atoms with Crippen molar-refractivity contribution in [3.63, 3.8) is 0 Å². The molecule has 0 spiro atoms. The highest BCUT2D eigenvalue weighted by Crippen LogP contribution is 2.42. The summed E-state index contributed by atoms with van der Waals surface area (Å²) in [7, 11) is 0. The van der Waals surface area contributed by atoms with Crippen molar-refractivity contribution in [2.75, 3.05) is 25.0 Å². The number of carbonyl (C=O) groups is 2. The van der Waals surface area contributed by atoms with Gasteiger partial charge in [-0.05, 0) is 96.7 Å². The van der Waals surface area contributed by atoms with Crippen LogP contribution in [0, 0.1) is 0 Å². The second-order valence-corrected chi connectivity index (χ2v) is 12.8. The fourth-order valence-electron chi connectivity index (χ4n) is 5.90. The molecule has 4 aromatic carbocycles. The van der Waals surface area contributed by atoms with Crippen molar-refractivity contribution in [1.29, 1.82) is 0 Å². The van der Waals surface area contributed by atoms with E-state index in [-0.39, 0.29) is 46.5 Å². The Labute approximate surface area is 315 Å². The van der Waals surface area contributed by atoms with E-state index in [0.29, 0.717) is 51.5 Å². The van der Waals surface area contributed by atoms with E-state index in [4.69, 9.17) is 21.4 Å². The molecule has 2 aliphatic rings. The Morgan fingerprint density at radius 3 is 2.33 bits per heavy atom. The van der Waals surface area contributed by atoms with Crippen molar-refractivity contribution in [3.05, 3.63) is 130 Å². The van der Waals surface area contributed by atoms with Gasteiger partial charge in [-0.15, -0.1) is 0 Å². The van der Waals surface area contributed by atoms with Crippen LogP contribution >= 0.6 is 12.2 Å². The normalized spacial score (nSPS) is 11.1. The number of phenols is 2. The molecule has 6 N–H and O–H groups in total. The highest BCUT2D eigenvalue weighted by atomic mass is 32.1. The number of unbranched alkanes of at least 4 members (excludes halogenated alkanes) is 2. The summed E-state index contributed by atoms with van der Waals surface area (Å²) in [4.78, 5) is 36.9. The van der Waals surface area contributed by atoms with Crippen molar-refractivity contribution in [3.8, 4) is 39.7 Å². The topological polar surface area (TPSA) is 170 Å².